The van der Waals surface area contributed by atoms with Gasteiger partial charge in [-0.1, -0.05) is 18.2 Å². The van der Waals surface area contributed by atoms with E-state index in [1.54, 1.807) is 19.4 Å². The van der Waals surface area contributed by atoms with E-state index in [1.807, 2.05) is 41.3 Å². The molecule has 3 aromatic rings. The van der Waals surface area contributed by atoms with Crippen molar-refractivity contribution in [1.82, 2.24) is 20.1 Å². The minimum absolute atomic E-state index is 0.00561. The third-order valence-electron chi connectivity index (χ3n) is 4.93. The van der Waals surface area contributed by atoms with Crippen LogP contribution in [-0.2, 0) is 6.42 Å². The van der Waals surface area contributed by atoms with Gasteiger partial charge in [-0.2, -0.15) is 5.10 Å². The number of carbonyl (C=O) groups excluding carboxylic acids is 1. The van der Waals surface area contributed by atoms with E-state index in [-0.39, 0.29) is 11.9 Å². The fourth-order valence-electron chi connectivity index (χ4n) is 3.62. The second kappa shape index (κ2) is 7.61. The van der Waals surface area contributed by atoms with Crippen molar-refractivity contribution in [3.8, 4) is 5.75 Å². The highest BCUT2D eigenvalue weighted by molar-refractivity contribution is 5.92. The lowest BCUT2D eigenvalue weighted by Gasteiger charge is -2.24. The number of carbonyl (C=O) groups is 1. The summed E-state index contributed by atoms with van der Waals surface area (Å²) in [6.45, 7) is 0.740. The molecule has 1 saturated heterocycles. The molecule has 1 N–H and O–H groups in total. The number of pyridine rings is 1. The summed E-state index contributed by atoms with van der Waals surface area (Å²) in [5.74, 6) is 0.825. The van der Waals surface area contributed by atoms with Gasteiger partial charge in [0.25, 0.3) is 5.91 Å². The van der Waals surface area contributed by atoms with Gasteiger partial charge in [0.1, 0.15) is 11.4 Å². The molecule has 0 bridgehead atoms. The van der Waals surface area contributed by atoms with Crippen molar-refractivity contribution in [2.45, 2.75) is 25.3 Å². The number of hydrogen-bond donors (Lipinski definition) is 1. The summed E-state index contributed by atoms with van der Waals surface area (Å²) in [5.41, 5.74) is 3.60. The second-order valence-electron chi connectivity index (χ2n) is 6.71. The van der Waals surface area contributed by atoms with Gasteiger partial charge in [0.05, 0.1) is 18.8 Å². The van der Waals surface area contributed by atoms with E-state index in [0.717, 1.165) is 48.5 Å². The zero-order valence-corrected chi connectivity index (χ0v) is 15.3. The highest BCUT2D eigenvalue weighted by atomic mass is 16.5. The number of methoxy groups -OCH3 is 1. The van der Waals surface area contributed by atoms with E-state index in [1.165, 1.54) is 0 Å². The van der Waals surface area contributed by atoms with Crippen LogP contribution < -0.4 is 4.74 Å². The number of nitrogens with one attached hydrogen (secondary N) is 1. The van der Waals surface area contributed by atoms with Gasteiger partial charge in [-0.3, -0.25) is 14.9 Å². The molecule has 1 fully saturated rings. The third kappa shape index (κ3) is 3.69. The normalized spacial score (nSPS) is 16.5. The van der Waals surface area contributed by atoms with E-state index < -0.39 is 0 Å². The number of amides is 1. The van der Waals surface area contributed by atoms with Gasteiger partial charge in [0.2, 0.25) is 0 Å². The van der Waals surface area contributed by atoms with E-state index in [0.29, 0.717) is 5.69 Å². The lowest BCUT2D eigenvalue weighted by atomic mass is 10.1. The first-order chi connectivity index (χ1) is 13.2. The zero-order valence-electron chi connectivity index (χ0n) is 15.3. The van der Waals surface area contributed by atoms with E-state index in [4.69, 9.17) is 9.72 Å². The standard InChI is InChI=1S/C21H22N4O2/c1-27-17-7-2-5-15(14-17)13-16-6-3-8-18(23-16)20-9-4-12-25(20)21(26)19-10-11-22-24-19/h2-3,5-8,10-11,14,20H,4,9,12-13H2,1H3,(H,22,24)/t20-/m0/s1. The Hall–Kier alpha value is -3.15. The SMILES string of the molecule is COc1cccc(Cc2cccc([C@@H]3CCCN3C(=O)c3ccn[nH]3)n2)c1. The number of ether oxygens (including phenoxy) is 1. The van der Waals surface area contributed by atoms with Gasteiger partial charge < -0.3 is 9.64 Å². The summed E-state index contributed by atoms with van der Waals surface area (Å²) >= 11 is 0. The Morgan fingerprint density at radius 1 is 1.26 bits per heavy atom. The summed E-state index contributed by atoms with van der Waals surface area (Å²) < 4.78 is 5.30. The number of aromatic nitrogens is 3. The maximum atomic E-state index is 12.8. The van der Waals surface area contributed by atoms with Gasteiger partial charge in [-0.25, -0.2) is 0 Å². The summed E-state index contributed by atoms with van der Waals surface area (Å²) in [6.07, 6.45) is 4.24. The van der Waals surface area contributed by atoms with Crippen LogP contribution in [0.3, 0.4) is 0 Å². The maximum Gasteiger partial charge on any atom is 0.272 e. The van der Waals surface area contributed by atoms with Crippen LogP contribution >= 0.6 is 0 Å². The number of benzene rings is 1. The topological polar surface area (TPSA) is 71.1 Å². The number of likely N-dealkylation sites (tertiary alicyclic amines) is 1. The van der Waals surface area contributed by atoms with Gasteiger partial charge in [0, 0.05) is 24.9 Å². The summed E-state index contributed by atoms with van der Waals surface area (Å²) in [7, 11) is 1.67. The molecule has 0 radical (unpaired) electrons. The van der Waals surface area contributed by atoms with Crippen molar-refractivity contribution in [2.75, 3.05) is 13.7 Å². The van der Waals surface area contributed by atoms with E-state index in [9.17, 15) is 4.79 Å². The Labute approximate surface area is 158 Å². The molecule has 1 atom stereocenters. The molecule has 1 amide bonds. The predicted molar refractivity (Wildman–Crippen MR) is 102 cm³/mol. The minimum atomic E-state index is -0.0185. The summed E-state index contributed by atoms with van der Waals surface area (Å²) in [6, 6.07) is 15.8. The van der Waals surface area contributed by atoms with Crippen LogP contribution in [0.4, 0.5) is 0 Å². The molecule has 3 heterocycles. The molecule has 0 aliphatic carbocycles. The van der Waals surface area contributed by atoms with Crippen molar-refractivity contribution in [3.05, 3.63) is 77.4 Å². The van der Waals surface area contributed by atoms with Crippen LogP contribution in [0.5, 0.6) is 5.75 Å². The molecule has 138 valence electrons. The van der Waals surface area contributed by atoms with Crippen LogP contribution in [-0.4, -0.2) is 39.6 Å². The fourth-order valence-corrected chi connectivity index (χ4v) is 3.62. The Balaban J connectivity index is 1.55. The van der Waals surface area contributed by atoms with E-state index >= 15 is 0 Å². The molecule has 6 nitrogen and oxygen atoms in total. The predicted octanol–water partition coefficient (Wildman–Crippen LogP) is 3.38. The Kier molecular flexibility index (Phi) is 4.87. The molecule has 0 saturated carbocycles. The molecular formula is C21H22N4O2. The van der Waals surface area contributed by atoms with Gasteiger partial charge >= 0.3 is 0 Å². The van der Waals surface area contributed by atoms with Gasteiger partial charge in [-0.15, -0.1) is 0 Å². The third-order valence-corrected chi connectivity index (χ3v) is 4.93. The first-order valence-electron chi connectivity index (χ1n) is 9.13. The highest BCUT2D eigenvalue weighted by Crippen LogP contribution is 2.32. The molecule has 2 aromatic heterocycles. The average molecular weight is 362 g/mol. The van der Waals surface area contributed by atoms with Crippen molar-refractivity contribution >= 4 is 5.91 Å². The Bertz CT molecular complexity index is 923. The molecule has 1 aliphatic rings. The molecule has 27 heavy (non-hydrogen) atoms. The monoisotopic (exact) mass is 362 g/mol. The molecule has 4 rings (SSSR count). The first-order valence-corrected chi connectivity index (χ1v) is 9.13. The van der Waals surface area contributed by atoms with E-state index in [2.05, 4.69) is 16.3 Å². The van der Waals surface area contributed by atoms with Crippen molar-refractivity contribution in [3.63, 3.8) is 0 Å². The van der Waals surface area contributed by atoms with Gasteiger partial charge in [-0.05, 0) is 48.7 Å². The number of hydrogen-bond acceptors (Lipinski definition) is 4. The highest BCUT2D eigenvalue weighted by Gasteiger charge is 2.32. The van der Waals surface area contributed by atoms with Crippen molar-refractivity contribution in [1.29, 1.82) is 0 Å². The van der Waals surface area contributed by atoms with Crippen molar-refractivity contribution in [2.24, 2.45) is 0 Å². The number of rotatable bonds is 5. The minimum Gasteiger partial charge on any atom is -0.497 e. The molecule has 1 aromatic carbocycles. The van der Waals surface area contributed by atoms with Crippen LogP contribution in [0.2, 0.25) is 0 Å². The molecule has 1 aliphatic heterocycles. The number of H-pyrrole nitrogens is 1. The number of nitrogens with zero attached hydrogens (tertiary/aromatic N) is 3. The van der Waals surface area contributed by atoms with Crippen molar-refractivity contribution < 1.29 is 9.53 Å². The van der Waals surface area contributed by atoms with Crippen LogP contribution in [0.25, 0.3) is 0 Å². The summed E-state index contributed by atoms with van der Waals surface area (Å²) in [4.78, 5) is 19.5. The largest absolute Gasteiger partial charge is 0.497 e. The smallest absolute Gasteiger partial charge is 0.272 e. The Morgan fingerprint density at radius 3 is 2.96 bits per heavy atom. The molecular weight excluding hydrogens is 340 g/mol. The molecule has 0 unspecified atom stereocenters. The first kappa shape index (κ1) is 17.3. The number of aromatic amines is 1. The lowest BCUT2D eigenvalue weighted by Crippen LogP contribution is -2.31. The Morgan fingerprint density at radius 2 is 2.15 bits per heavy atom. The second-order valence-corrected chi connectivity index (χ2v) is 6.71. The quantitative estimate of drug-likeness (QED) is 0.755. The van der Waals surface area contributed by atoms with Gasteiger partial charge in [0.15, 0.2) is 0 Å². The molecule has 0 spiro atoms. The average Bonchev–Trinajstić information content (AvgIpc) is 3.40. The van der Waals surface area contributed by atoms with Crippen LogP contribution in [0.1, 0.15) is 46.3 Å². The summed E-state index contributed by atoms with van der Waals surface area (Å²) in [5, 5.41) is 6.66. The zero-order chi connectivity index (χ0) is 18.6. The fraction of sp³-hybridized carbons (Fsp3) is 0.286. The molecule has 6 heteroatoms. The van der Waals surface area contributed by atoms with Crippen LogP contribution in [0, 0.1) is 0 Å². The maximum absolute atomic E-state index is 12.8. The van der Waals surface area contributed by atoms with Crippen LogP contribution in [0.15, 0.2) is 54.7 Å². The lowest BCUT2D eigenvalue weighted by molar-refractivity contribution is 0.0726.